The number of hydrogen-bond acceptors (Lipinski definition) is 6. The van der Waals surface area contributed by atoms with Crippen LogP contribution in [0.4, 0.5) is 11.4 Å². The van der Waals surface area contributed by atoms with Gasteiger partial charge in [0.1, 0.15) is 0 Å². The third kappa shape index (κ3) is 4.35. The van der Waals surface area contributed by atoms with Crippen molar-refractivity contribution >= 4 is 21.4 Å². The number of rotatable bonds is 8. The summed E-state index contributed by atoms with van der Waals surface area (Å²) < 4.78 is 31.9. The van der Waals surface area contributed by atoms with E-state index in [1.54, 1.807) is 24.4 Å². The molecule has 28 heavy (non-hydrogen) atoms. The molecule has 8 heteroatoms. The maximum Gasteiger partial charge on any atom is 0.242 e. The zero-order valence-corrected chi connectivity index (χ0v) is 17.0. The number of benzene rings is 2. The van der Waals surface area contributed by atoms with Gasteiger partial charge in [0.25, 0.3) is 0 Å². The molecule has 0 spiro atoms. The Morgan fingerprint density at radius 1 is 1.04 bits per heavy atom. The van der Waals surface area contributed by atoms with Crippen LogP contribution in [0.5, 0.6) is 0 Å². The van der Waals surface area contributed by atoms with Crippen molar-refractivity contribution in [2.45, 2.75) is 18.4 Å². The maximum absolute atomic E-state index is 12.4. The third-order valence-corrected chi connectivity index (χ3v) is 5.99. The smallest absolute Gasteiger partial charge is 0.242 e. The maximum atomic E-state index is 12.4. The number of anilines is 2. The molecule has 2 N–H and O–H groups in total. The van der Waals surface area contributed by atoms with Crippen molar-refractivity contribution in [1.29, 1.82) is 0 Å². The second-order valence-electron chi connectivity index (χ2n) is 6.36. The van der Waals surface area contributed by atoms with Gasteiger partial charge in [-0.3, -0.25) is 0 Å². The minimum Gasteiger partial charge on any atom is -0.439 e. The van der Waals surface area contributed by atoms with E-state index in [-0.39, 0.29) is 4.90 Å². The molecule has 0 aliphatic carbocycles. The van der Waals surface area contributed by atoms with Crippen LogP contribution in [-0.2, 0) is 16.6 Å². The van der Waals surface area contributed by atoms with Crippen molar-refractivity contribution in [2.75, 3.05) is 31.3 Å². The Labute approximate surface area is 165 Å². The van der Waals surface area contributed by atoms with Crippen LogP contribution in [0.1, 0.15) is 12.8 Å². The Balaban J connectivity index is 1.82. The van der Waals surface area contributed by atoms with Crippen LogP contribution < -0.4 is 10.6 Å². The van der Waals surface area contributed by atoms with E-state index in [1.807, 2.05) is 37.3 Å². The fraction of sp³-hybridized carbons (Fsp3) is 0.250. The van der Waals surface area contributed by atoms with Crippen molar-refractivity contribution in [3.05, 3.63) is 60.6 Å². The lowest BCUT2D eigenvalue weighted by atomic mass is 10.2. The van der Waals surface area contributed by atoms with E-state index in [0.717, 1.165) is 11.3 Å². The number of nitrogens with one attached hydrogen (secondary N) is 2. The van der Waals surface area contributed by atoms with Gasteiger partial charge in [-0.15, -0.1) is 0 Å². The van der Waals surface area contributed by atoms with Crippen LogP contribution in [0, 0.1) is 0 Å². The number of sulfonamides is 1. The summed E-state index contributed by atoms with van der Waals surface area (Å²) in [5, 5.41) is 6.46. The van der Waals surface area contributed by atoms with E-state index in [2.05, 4.69) is 15.6 Å². The summed E-state index contributed by atoms with van der Waals surface area (Å²) >= 11 is 0. The van der Waals surface area contributed by atoms with E-state index in [4.69, 9.17) is 4.42 Å². The van der Waals surface area contributed by atoms with Crippen LogP contribution in [-0.4, -0.2) is 38.3 Å². The molecule has 2 aromatic carbocycles. The van der Waals surface area contributed by atoms with Gasteiger partial charge in [0.2, 0.25) is 15.9 Å². The molecule has 0 unspecified atom stereocenters. The number of hydrogen-bond donors (Lipinski definition) is 2. The molecular formula is C20H24N4O3S. The van der Waals surface area contributed by atoms with Gasteiger partial charge in [-0.1, -0.05) is 30.3 Å². The predicted molar refractivity (Wildman–Crippen MR) is 111 cm³/mol. The summed E-state index contributed by atoms with van der Waals surface area (Å²) in [5.41, 5.74) is 2.44. The molecule has 1 aromatic heterocycles. The van der Waals surface area contributed by atoms with E-state index in [9.17, 15) is 8.42 Å². The Hall–Kier alpha value is -2.84. The van der Waals surface area contributed by atoms with Crippen molar-refractivity contribution < 1.29 is 12.8 Å². The molecule has 0 saturated carbocycles. The van der Waals surface area contributed by atoms with Crippen LogP contribution in [0.3, 0.4) is 0 Å². The highest BCUT2D eigenvalue weighted by Crippen LogP contribution is 2.27. The number of oxazole rings is 1. The quantitative estimate of drug-likeness (QED) is 0.600. The Kier molecular flexibility index (Phi) is 6.01. The van der Waals surface area contributed by atoms with E-state index in [1.165, 1.54) is 18.4 Å². The van der Waals surface area contributed by atoms with Crippen LogP contribution in [0.15, 0.2) is 64.0 Å². The zero-order valence-electron chi connectivity index (χ0n) is 16.1. The summed E-state index contributed by atoms with van der Waals surface area (Å²) in [6, 6.07) is 14.7. The molecule has 0 atom stereocenters. The van der Waals surface area contributed by atoms with Crippen LogP contribution in [0.2, 0.25) is 0 Å². The van der Waals surface area contributed by atoms with Crippen molar-refractivity contribution in [2.24, 2.45) is 0 Å². The topological polar surface area (TPSA) is 87.5 Å². The first-order valence-electron chi connectivity index (χ1n) is 8.96. The molecule has 0 radical (unpaired) electrons. The highest BCUT2D eigenvalue weighted by Gasteiger charge is 2.19. The predicted octanol–water partition coefficient (Wildman–Crippen LogP) is 3.64. The van der Waals surface area contributed by atoms with Gasteiger partial charge in [-0.2, -0.15) is 0 Å². The lowest BCUT2D eigenvalue weighted by molar-refractivity contribution is 0.516. The van der Waals surface area contributed by atoms with Gasteiger partial charge >= 0.3 is 0 Å². The Bertz CT molecular complexity index is 1030. The van der Waals surface area contributed by atoms with E-state index in [0.29, 0.717) is 30.4 Å². The van der Waals surface area contributed by atoms with Crippen LogP contribution in [0.25, 0.3) is 11.3 Å². The monoisotopic (exact) mass is 400 g/mol. The lowest BCUT2D eigenvalue weighted by Crippen LogP contribution is -2.22. The first-order valence-corrected chi connectivity index (χ1v) is 10.4. The van der Waals surface area contributed by atoms with Gasteiger partial charge in [-0.05, 0) is 25.1 Å². The summed E-state index contributed by atoms with van der Waals surface area (Å²) in [4.78, 5) is 4.53. The minimum absolute atomic E-state index is 0.221. The molecule has 0 amide bonds. The SMILES string of the molecule is CCNc1ccc(S(=O)(=O)N(C)C)cc1NCc1ncc(-c2ccccc2)o1. The van der Waals surface area contributed by atoms with Crippen molar-refractivity contribution in [3.8, 4) is 11.3 Å². The van der Waals surface area contributed by atoms with E-state index < -0.39 is 10.0 Å². The molecule has 0 aliphatic heterocycles. The van der Waals surface area contributed by atoms with Crippen molar-refractivity contribution in [1.82, 2.24) is 9.29 Å². The lowest BCUT2D eigenvalue weighted by Gasteiger charge is -2.16. The highest BCUT2D eigenvalue weighted by atomic mass is 32.2. The normalized spacial score (nSPS) is 11.6. The van der Waals surface area contributed by atoms with Gasteiger partial charge in [-0.25, -0.2) is 17.7 Å². The second kappa shape index (κ2) is 8.45. The molecule has 148 valence electrons. The van der Waals surface area contributed by atoms with Gasteiger partial charge in [0, 0.05) is 26.2 Å². The minimum atomic E-state index is -3.52. The number of aromatic nitrogens is 1. The average molecular weight is 401 g/mol. The third-order valence-electron chi connectivity index (χ3n) is 4.18. The van der Waals surface area contributed by atoms with Crippen LogP contribution >= 0.6 is 0 Å². The second-order valence-corrected chi connectivity index (χ2v) is 8.51. The van der Waals surface area contributed by atoms with E-state index >= 15 is 0 Å². The standard InChI is InChI=1S/C20H24N4O3S/c1-4-21-17-11-10-16(28(25,26)24(2)3)12-18(17)22-14-20-23-13-19(27-20)15-8-6-5-7-9-15/h5-13,21-22H,4,14H2,1-3H3. The zero-order chi connectivity index (χ0) is 20.1. The average Bonchev–Trinajstić information content (AvgIpc) is 3.17. The summed E-state index contributed by atoms with van der Waals surface area (Å²) in [5.74, 6) is 1.20. The molecule has 0 saturated heterocycles. The fourth-order valence-corrected chi connectivity index (χ4v) is 3.61. The summed E-state index contributed by atoms with van der Waals surface area (Å²) in [6.45, 7) is 3.02. The molecule has 3 aromatic rings. The molecule has 0 aliphatic rings. The Morgan fingerprint density at radius 2 is 1.79 bits per heavy atom. The number of nitrogens with zero attached hydrogens (tertiary/aromatic N) is 2. The first kappa shape index (κ1) is 19.9. The molecule has 3 rings (SSSR count). The highest BCUT2D eigenvalue weighted by molar-refractivity contribution is 7.89. The molecular weight excluding hydrogens is 376 g/mol. The molecule has 0 fully saturated rings. The molecule has 1 heterocycles. The Morgan fingerprint density at radius 3 is 2.46 bits per heavy atom. The fourth-order valence-electron chi connectivity index (χ4n) is 2.68. The summed E-state index contributed by atoms with van der Waals surface area (Å²) in [6.07, 6.45) is 1.68. The molecule has 0 bridgehead atoms. The largest absolute Gasteiger partial charge is 0.439 e. The summed E-state index contributed by atoms with van der Waals surface area (Å²) in [7, 11) is -0.495. The van der Waals surface area contributed by atoms with Crippen molar-refractivity contribution in [3.63, 3.8) is 0 Å². The first-order chi connectivity index (χ1) is 13.4. The van der Waals surface area contributed by atoms with Gasteiger partial charge < -0.3 is 15.1 Å². The van der Waals surface area contributed by atoms with Gasteiger partial charge in [0.05, 0.1) is 29.0 Å². The van der Waals surface area contributed by atoms with Gasteiger partial charge in [0.15, 0.2) is 5.76 Å². The molecule has 7 nitrogen and oxygen atoms in total.